The van der Waals surface area contributed by atoms with Gasteiger partial charge in [0.15, 0.2) is 0 Å². The van der Waals surface area contributed by atoms with Gasteiger partial charge in [0, 0.05) is 11.4 Å². The van der Waals surface area contributed by atoms with Gasteiger partial charge in [-0.05, 0) is 12.1 Å². The first-order valence-corrected chi connectivity index (χ1v) is 4.14. The van der Waals surface area contributed by atoms with Gasteiger partial charge in [0.1, 0.15) is 0 Å². The van der Waals surface area contributed by atoms with Gasteiger partial charge >= 0.3 is 0 Å². The quantitative estimate of drug-likeness (QED) is 0.786. The average molecular weight is 213 g/mol. The van der Waals surface area contributed by atoms with E-state index in [1.54, 1.807) is 0 Å². The van der Waals surface area contributed by atoms with Crippen LogP contribution in [0.4, 0.5) is 0 Å². The second-order valence-electron chi connectivity index (χ2n) is 1.98. The van der Waals surface area contributed by atoms with Crippen LogP contribution in [0, 0.1) is 0 Å². The summed E-state index contributed by atoms with van der Waals surface area (Å²) < 4.78 is 0.763. The first-order valence-electron chi connectivity index (χ1n) is 2.95. The van der Waals surface area contributed by atoms with Gasteiger partial charge in [0.05, 0.1) is 10.4 Å². The maximum Gasteiger partial charge on any atom is 0.0931 e. The smallest absolute Gasteiger partial charge is 0.0931 e. The van der Waals surface area contributed by atoms with Gasteiger partial charge in [-0.15, -0.1) is 23.7 Å². The number of thiophene rings is 1. The summed E-state index contributed by atoms with van der Waals surface area (Å²) in [5, 5.41) is 0. The lowest BCUT2D eigenvalue weighted by Crippen LogP contribution is -2.19. The zero-order chi connectivity index (χ0) is 7.56. The predicted octanol–water partition coefficient (Wildman–Crippen LogP) is 1.78. The van der Waals surface area contributed by atoms with Crippen molar-refractivity contribution >= 4 is 35.3 Å². The van der Waals surface area contributed by atoms with Crippen LogP contribution in [0.25, 0.3) is 0 Å². The number of halogens is 2. The van der Waals surface area contributed by atoms with E-state index in [9.17, 15) is 0 Å². The molecule has 1 heterocycles. The molecule has 0 saturated heterocycles. The van der Waals surface area contributed by atoms with E-state index in [1.165, 1.54) is 11.3 Å². The monoisotopic (exact) mass is 212 g/mol. The molecule has 0 unspecified atom stereocenters. The molecule has 0 aliphatic carbocycles. The highest BCUT2D eigenvalue weighted by molar-refractivity contribution is 7.16. The third kappa shape index (κ3) is 2.97. The molecule has 4 N–H and O–H groups in total. The molecule has 1 aromatic rings. The van der Waals surface area contributed by atoms with E-state index < -0.39 is 0 Å². The van der Waals surface area contributed by atoms with E-state index in [1.807, 2.05) is 12.1 Å². The predicted molar refractivity (Wildman–Crippen MR) is 52.6 cm³/mol. The fourth-order valence-electron chi connectivity index (χ4n) is 0.644. The van der Waals surface area contributed by atoms with E-state index in [4.69, 9.17) is 23.1 Å². The lowest BCUT2D eigenvalue weighted by atomic mass is 10.3. The normalized spacial score (nSPS) is 12.3. The topological polar surface area (TPSA) is 52.0 Å². The summed E-state index contributed by atoms with van der Waals surface area (Å²) in [4.78, 5) is 1.05. The SMILES string of the molecule is Cl.NC[C@@H](N)c1ccc(Cl)s1. The second-order valence-corrected chi connectivity index (χ2v) is 3.73. The van der Waals surface area contributed by atoms with Crippen molar-refractivity contribution in [1.82, 2.24) is 0 Å². The van der Waals surface area contributed by atoms with Crippen LogP contribution in [0.3, 0.4) is 0 Å². The van der Waals surface area contributed by atoms with E-state index in [0.717, 1.165) is 9.21 Å². The molecule has 1 rings (SSSR count). The van der Waals surface area contributed by atoms with Crippen molar-refractivity contribution in [2.24, 2.45) is 11.5 Å². The molecule has 0 aliphatic heterocycles. The van der Waals surface area contributed by atoms with E-state index in [0.29, 0.717) is 6.54 Å². The Balaban J connectivity index is 0.000001000. The molecule has 0 spiro atoms. The standard InChI is InChI=1S/C6H9ClN2S.ClH/c7-6-2-1-5(10-6)4(9)3-8;/h1-2,4H,3,8-9H2;1H/t4-;/m1./s1. The summed E-state index contributed by atoms with van der Waals surface area (Å²) >= 11 is 7.16. The summed E-state index contributed by atoms with van der Waals surface area (Å²) in [7, 11) is 0. The van der Waals surface area contributed by atoms with Crippen molar-refractivity contribution in [2.75, 3.05) is 6.54 Å². The molecule has 0 aliphatic rings. The number of rotatable bonds is 2. The molecular formula is C6H10Cl2N2S. The van der Waals surface area contributed by atoms with Gasteiger partial charge in [-0.1, -0.05) is 11.6 Å². The fourth-order valence-corrected chi connectivity index (χ4v) is 1.72. The molecule has 1 aromatic heterocycles. The van der Waals surface area contributed by atoms with Crippen molar-refractivity contribution in [1.29, 1.82) is 0 Å². The first kappa shape index (κ1) is 11.2. The highest BCUT2D eigenvalue weighted by Crippen LogP contribution is 2.24. The Morgan fingerprint density at radius 3 is 2.55 bits per heavy atom. The van der Waals surface area contributed by atoms with Gasteiger partial charge in [-0.3, -0.25) is 0 Å². The minimum absolute atomic E-state index is 0. The Morgan fingerprint density at radius 1 is 1.55 bits per heavy atom. The van der Waals surface area contributed by atoms with E-state index in [2.05, 4.69) is 0 Å². The van der Waals surface area contributed by atoms with Gasteiger partial charge < -0.3 is 11.5 Å². The zero-order valence-electron chi connectivity index (χ0n) is 5.79. The maximum absolute atomic E-state index is 5.68. The Hall–Kier alpha value is 0.200. The van der Waals surface area contributed by atoms with Crippen LogP contribution in [0.2, 0.25) is 4.34 Å². The molecular weight excluding hydrogens is 203 g/mol. The number of hydrogen-bond acceptors (Lipinski definition) is 3. The molecule has 11 heavy (non-hydrogen) atoms. The maximum atomic E-state index is 5.68. The summed E-state index contributed by atoms with van der Waals surface area (Å²) in [6.45, 7) is 0.469. The van der Waals surface area contributed by atoms with Crippen LogP contribution < -0.4 is 11.5 Å². The Labute approximate surface area is 80.9 Å². The first-order chi connectivity index (χ1) is 4.74. The highest BCUT2D eigenvalue weighted by Gasteiger charge is 2.04. The largest absolute Gasteiger partial charge is 0.329 e. The molecule has 64 valence electrons. The molecule has 0 fully saturated rings. The minimum Gasteiger partial charge on any atom is -0.329 e. The van der Waals surface area contributed by atoms with Gasteiger partial charge in [0.2, 0.25) is 0 Å². The van der Waals surface area contributed by atoms with Crippen LogP contribution in [0.1, 0.15) is 10.9 Å². The average Bonchev–Trinajstić information content (AvgIpc) is 2.34. The lowest BCUT2D eigenvalue weighted by molar-refractivity contribution is 0.752. The molecule has 1 atom stereocenters. The van der Waals surface area contributed by atoms with Crippen LogP contribution in [0.15, 0.2) is 12.1 Å². The second kappa shape index (κ2) is 4.95. The third-order valence-electron chi connectivity index (χ3n) is 1.21. The summed E-state index contributed by atoms with van der Waals surface area (Å²) in [5.41, 5.74) is 11.0. The van der Waals surface area contributed by atoms with Crippen molar-refractivity contribution in [3.05, 3.63) is 21.3 Å². The molecule has 0 bridgehead atoms. The van der Waals surface area contributed by atoms with Crippen LogP contribution in [0.5, 0.6) is 0 Å². The zero-order valence-corrected chi connectivity index (χ0v) is 8.18. The van der Waals surface area contributed by atoms with E-state index in [-0.39, 0.29) is 18.4 Å². The Bertz CT molecular complexity index is 214. The number of hydrogen-bond donors (Lipinski definition) is 2. The Morgan fingerprint density at radius 2 is 2.18 bits per heavy atom. The van der Waals surface area contributed by atoms with Crippen LogP contribution >= 0.6 is 35.3 Å². The molecule has 2 nitrogen and oxygen atoms in total. The van der Waals surface area contributed by atoms with Crippen LogP contribution in [-0.4, -0.2) is 6.54 Å². The fraction of sp³-hybridized carbons (Fsp3) is 0.333. The van der Waals surface area contributed by atoms with Gasteiger partial charge in [-0.2, -0.15) is 0 Å². The molecule has 0 radical (unpaired) electrons. The van der Waals surface area contributed by atoms with Crippen molar-refractivity contribution in [3.8, 4) is 0 Å². The van der Waals surface area contributed by atoms with Crippen LogP contribution in [-0.2, 0) is 0 Å². The minimum atomic E-state index is -0.0579. The van der Waals surface area contributed by atoms with Gasteiger partial charge in [-0.25, -0.2) is 0 Å². The lowest BCUT2D eigenvalue weighted by Gasteiger charge is -2.02. The number of nitrogens with two attached hydrogens (primary N) is 2. The molecule has 0 amide bonds. The van der Waals surface area contributed by atoms with Crippen molar-refractivity contribution < 1.29 is 0 Å². The van der Waals surface area contributed by atoms with Crippen molar-refractivity contribution in [2.45, 2.75) is 6.04 Å². The Kier molecular flexibility index (Phi) is 5.04. The summed E-state index contributed by atoms with van der Waals surface area (Å²) in [6.07, 6.45) is 0. The van der Waals surface area contributed by atoms with Crippen molar-refractivity contribution in [3.63, 3.8) is 0 Å². The molecule has 5 heteroatoms. The van der Waals surface area contributed by atoms with E-state index >= 15 is 0 Å². The molecule has 0 saturated carbocycles. The summed E-state index contributed by atoms with van der Waals surface area (Å²) in [6, 6.07) is 3.68. The summed E-state index contributed by atoms with van der Waals surface area (Å²) in [5.74, 6) is 0. The highest BCUT2D eigenvalue weighted by atomic mass is 35.5. The molecule has 0 aromatic carbocycles. The third-order valence-corrected chi connectivity index (χ3v) is 2.58. The van der Waals surface area contributed by atoms with Gasteiger partial charge in [0.25, 0.3) is 0 Å².